The van der Waals surface area contributed by atoms with Crippen LogP contribution < -0.4 is 5.32 Å². The molecule has 0 aromatic heterocycles. The molecule has 0 aromatic rings. The summed E-state index contributed by atoms with van der Waals surface area (Å²) < 4.78 is 9.32. The number of rotatable bonds is 9. The summed E-state index contributed by atoms with van der Waals surface area (Å²) in [6.07, 6.45) is 1.57. The molecule has 0 aliphatic heterocycles. The molecule has 0 saturated carbocycles. The van der Waals surface area contributed by atoms with Crippen molar-refractivity contribution >= 4 is 17.8 Å². The van der Waals surface area contributed by atoms with E-state index in [9.17, 15) is 14.4 Å². The Kier molecular flexibility index (Phi) is 9.12. The molecule has 0 spiro atoms. The lowest BCUT2D eigenvalue weighted by Crippen LogP contribution is -2.25. The van der Waals surface area contributed by atoms with E-state index in [1.165, 1.54) is 7.11 Å². The van der Waals surface area contributed by atoms with Crippen molar-refractivity contribution in [2.24, 2.45) is 0 Å². The van der Waals surface area contributed by atoms with Gasteiger partial charge in [-0.25, -0.2) is 4.79 Å². The van der Waals surface area contributed by atoms with Crippen molar-refractivity contribution in [1.29, 1.82) is 0 Å². The third-order valence-corrected chi connectivity index (χ3v) is 2.26. The molecule has 0 heterocycles. The Morgan fingerprint density at radius 2 is 1.84 bits per heavy atom. The topological polar surface area (TPSA) is 81.7 Å². The van der Waals surface area contributed by atoms with Gasteiger partial charge in [-0.1, -0.05) is 6.58 Å². The number of ether oxygens (including phenoxy) is 2. The summed E-state index contributed by atoms with van der Waals surface area (Å²) in [6.45, 7) is 5.85. The third-order valence-electron chi connectivity index (χ3n) is 2.26. The molecule has 6 nitrogen and oxygen atoms in total. The lowest BCUT2D eigenvalue weighted by atomic mass is 10.3. The first-order valence-electron chi connectivity index (χ1n) is 6.13. The van der Waals surface area contributed by atoms with Gasteiger partial charge in [0.15, 0.2) is 0 Å². The molecular formula is C13H21NO5. The van der Waals surface area contributed by atoms with Gasteiger partial charge < -0.3 is 14.8 Å². The molecule has 0 fully saturated rings. The van der Waals surface area contributed by atoms with E-state index in [1.807, 2.05) is 0 Å². The van der Waals surface area contributed by atoms with Crippen LogP contribution in [-0.2, 0) is 23.9 Å². The molecule has 0 radical (unpaired) electrons. The molecule has 19 heavy (non-hydrogen) atoms. The van der Waals surface area contributed by atoms with Gasteiger partial charge in [0.05, 0.1) is 20.1 Å². The van der Waals surface area contributed by atoms with E-state index in [4.69, 9.17) is 4.74 Å². The van der Waals surface area contributed by atoms with E-state index in [0.29, 0.717) is 31.6 Å². The standard InChI is InChI=1S/C13H21NO5/c1-10(2)13(17)19-9-5-4-8-14-11(15)6-7-12(16)18-3/h1,4-9H2,2-3H3,(H,14,15). The number of unbranched alkanes of at least 4 members (excludes halogenated alkanes) is 1. The molecule has 108 valence electrons. The zero-order valence-electron chi connectivity index (χ0n) is 11.5. The van der Waals surface area contributed by atoms with Crippen molar-refractivity contribution < 1.29 is 23.9 Å². The van der Waals surface area contributed by atoms with Crippen molar-refractivity contribution in [3.05, 3.63) is 12.2 Å². The Hall–Kier alpha value is -1.85. The average Bonchev–Trinajstić information content (AvgIpc) is 2.39. The summed E-state index contributed by atoms with van der Waals surface area (Å²) in [5, 5.41) is 2.67. The summed E-state index contributed by atoms with van der Waals surface area (Å²) in [4.78, 5) is 33.1. The highest BCUT2D eigenvalue weighted by Gasteiger charge is 2.06. The van der Waals surface area contributed by atoms with Crippen LogP contribution in [0.2, 0.25) is 0 Å². The fraction of sp³-hybridized carbons (Fsp3) is 0.615. The predicted octanol–water partition coefficient (Wildman–Crippen LogP) is 0.955. The highest BCUT2D eigenvalue weighted by atomic mass is 16.5. The second kappa shape index (κ2) is 10.1. The van der Waals surface area contributed by atoms with E-state index in [1.54, 1.807) is 6.92 Å². The second-order valence-corrected chi connectivity index (χ2v) is 4.05. The summed E-state index contributed by atoms with van der Waals surface area (Å²) in [5.74, 6) is -0.992. The van der Waals surface area contributed by atoms with Crippen LogP contribution >= 0.6 is 0 Å². The molecule has 0 saturated heterocycles. The van der Waals surface area contributed by atoms with E-state index in [2.05, 4.69) is 16.6 Å². The quantitative estimate of drug-likeness (QED) is 0.383. The van der Waals surface area contributed by atoms with Crippen LogP contribution in [0.4, 0.5) is 0 Å². The fourth-order valence-electron chi connectivity index (χ4n) is 1.15. The summed E-state index contributed by atoms with van der Waals surface area (Å²) in [7, 11) is 1.28. The molecule has 1 N–H and O–H groups in total. The van der Waals surface area contributed by atoms with E-state index in [0.717, 1.165) is 0 Å². The molecule has 6 heteroatoms. The van der Waals surface area contributed by atoms with Gasteiger partial charge in [-0.15, -0.1) is 0 Å². The second-order valence-electron chi connectivity index (χ2n) is 4.05. The number of methoxy groups -OCH3 is 1. The van der Waals surface area contributed by atoms with Crippen molar-refractivity contribution in [3.8, 4) is 0 Å². The fourth-order valence-corrected chi connectivity index (χ4v) is 1.15. The first kappa shape index (κ1) is 17.2. The zero-order chi connectivity index (χ0) is 14.7. The maximum Gasteiger partial charge on any atom is 0.333 e. The number of hydrogen-bond donors (Lipinski definition) is 1. The largest absolute Gasteiger partial charge is 0.469 e. The monoisotopic (exact) mass is 271 g/mol. The highest BCUT2D eigenvalue weighted by Crippen LogP contribution is 1.96. The molecule has 0 atom stereocenters. The van der Waals surface area contributed by atoms with Gasteiger partial charge in [-0.05, 0) is 19.8 Å². The van der Waals surface area contributed by atoms with Crippen LogP contribution in [0.3, 0.4) is 0 Å². The predicted molar refractivity (Wildman–Crippen MR) is 69.3 cm³/mol. The molecule has 0 rings (SSSR count). The Labute approximate surface area is 113 Å². The SMILES string of the molecule is C=C(C)C(=O)OCCCCNC(=O)CCC(=O)OC. The molecule has 0 aliphatic carbocycles. The van der Waals surface area contributed by atoms with Crippen molar-refractivity contribution in [2.45, 2.75) is 32.6 Å². The van der Waals surface area contributed by atoms with Gasteiger partial charge in [0.1, 0.15) is 0 Å². The van der Waals surface area contributed by atoms with E-state index >= 15 is 0 Å². The lowest BCUT2D eigenvalue weighted by Gasteiger charge is -2.06. The summed E-state index contributed by atoms with van der Waals surface area (Å²) >= 11 is 0. The molecule has 0 unspecified atom stereocenters. The summed E-state index contributed by atoms with van der Waals surface area (Å²) in [5.41, 5.74) is 0.371. The smallest absolute Gasteiger partial charge is 0.333 e. The van der Waals surface area contributed by atoms with Crippen LogP contribution in [-0.4, -0.2) is 38.1 Å². The Bertz CT molecular complexity index is 338. The van der Waals surface area contributed by atoms with Crippen LogP contribution in [0.5, 0.6) is 0 Å². The van der Waals surface area contributed by atoms with Gasteiger partial charge >= 0.3 is 11.9 Å². The highest BCUT2D eigenvalue weighted by molar-refractivity contribution is 5.86. The Balaban J connectivity index is 3.44. The van der Waals surface area contributed by atoms with Gasteiger partial charge in [-0.2, -0.15) is 0 Å². The number of carbonyl (C=O) groups is 3. The number of nitrogens with one attached hydrogen (secondary N) is 1. The normalized spacial score (nSPS) is 9.58. The number of amides is 1. The minimum atomic E-state index is -0.401. The average molecular weight is 271 g/mol. The zero-order valence-corrected chi connectivity index (χ0v) is 11.5. The van der Waals surface area contributed by atoms with Gasteiger partial charge in [0.2, 0.25) is 5.91 Å². The molecule has 0 aliphatic rings. The maximum absolute atomic E-state index is 11.3. The first-order valence-corrected chi connectivity index (χ1v) is 6.13. The van der Waals surface area contributed by atoms with Crippen LogP contribution in [0.1, 0.15) is 32.6 Å². The van der Waals surface area contributed by atoms with E-state index in [-0.39, 0.29) is 18.7 Å². The number of esters is 2. The minimum absolute atomic E-state index is 0.0819. The minimum Gasteiger partial charge on any atom is -0.469 e. The Morgan fingerprint density at radius 1 is 1.16 bits per heavy atom. The number of hydrogen-bond acceptors (Lipinski definition) is 5. The first-order chi connectivity index (χ1) is 8.97. The van der Waals surface area contributed by atoms with Crippen LogP contribution in [0.15, 0.2) is 12.2 Å². The molecule has 1 amide bonds. The molecule has 0 bridgehead atoms. The van der Waals surface area contributed by atoms with Gasteiger partial charge in [0.25, 0.3) is 0 Å². The van der Waals surface area contributed by atoms with E-state index < -0.39 is 11.9 Å². The molecule has 0 aromatic carbocycles. The Morgan fingerprint density at radius 3 is 2.42 bits per heavy atom. The van der Waals surface area contributed by atoms with Crippen molar-refractivity contribution in [3.63, 3.8) is 0 Å². The van der Waals surface area contributed by atoms with Crippen molar-refractivity contribution in [2.75, 3.05) is 20.3 Å². The van der Waals surface area contributed by atoms with Crippen molar-refractivity contribution in [1.82, 2.24) is 5.32 Å². The summed E-state index contributed by atoms with van der Waals surface area (Å²) in [6, 6.07) is 0. The number of carbonyl (C=O) groups excluding carboxylic acids is 3. The van der Waals surface area contributed by atoms with Crippen LogP contribution in [0, 0.1) is 0 Å². The van der Waals surface area contributed by atoms with Crippen LogP contribution in [0.25, 0.3) is 0 Å². The van der Waals surface area contributed by atoms with Gasteiger partial charge in [0, 0.05) is 18.5 Å². The molecular weight excluding hydrogens is 250 g/mol. The third kappa shape index (κ3) is 9.82. The lowest BCUT2D eigenvalue weighted by molar-refractivity contribution is -0.142. The maximum atomic E-state index is 11.3. The van der Waals surface area contributed by atoms with Gasteiger partial charge in [-0.3, -0.25) is 9.59 Å².